The number of rotatable bonds is 5. The molecule has 1 radical (unpaired) electrons. The second kappa shape index (κ2) is 17.0. The zero-order valence-electron chi connectivity index (χ0n) is 22.7. The summed E-state index contributed by atoms with van der Waals surface area (Å²) in [6.07, 6.45) is 8.90. The van der Waals surface area contributed by atoms with Crippen molar-refractivity contribution in [2.75, 3.05) is 7.05 Å². The van der Waals surface area contributed by atoms with Gasteiger partial charge in [-0.1, -0.05) is 116 Å². The minimum Gasteiger partial charge on any atom is -0.327 e. The third kappa shape index (κ3) is 9.22. The molecule has 193 valence electrons. The van der Waals surface area contributed by atoms with Gasteiger partial charge in [0.1, 0.15) is 0 Å². The molecule has 1 aliphatic carbocycles. The smallest absolute Gasteiger partial charge is 0.0604 e. The number of allylic oxidation sites excluding steroid dienone is 7. The van der Waals surface area contributed by atoms with E-state index < -0.39 is 0 Å². The van der Waals surface area contributed by atoms with Gasteiger partial charge < -0.3 is 6.42 Å². The van der Waals surface area contributed by atoms with Crippen molar-refractivity contribution < 1.29 is 32.7 Å². The number of benzene rings is 2. The molecule has 2 aliphatic rings. The van der Waals surface area contributed by atoms with Crippen molar-refractivity contribution in [2.45, 2.75) is 47.0 Å². The predicted molar refractivity (Wildman–Crippen MR) is 161 cm³/mol. The summed E-state index contributed by atoms with van der Waals surface area (Å²) in [6.45, 7) is 16.0. The average molecular weight is 609 g/mol. The Balaban J connectivity index is 0.000000414. The van der Waals surface area contributed by atoms with Crippen molar-refractivity contribution in [1.82, 2.24) is 5.01 Å². The molecule has 0 unspecified atom stereocenters. The molecule has 1 aliphatic heterocycles. The first kappa shape index (κ1) is 33.3. The second-order valence-electron chi connectivity index (χ2n) is 8.33. The maximum atomic E-state index is 5.97. The maximum Gasteiger partial charge on any atom is 0.0604 e. The van der Waals surface area contributed by atoms with Crippen LogP contribution in [0.15, 0.2) is 106 Å². The normalized spacial score (nSPS) is 14.6. The molecule has 0 atom stereocenters. The summed E-state index contributed by atoms with van der Waals surface area (Å²) in [7, 11) is 1.93. The van der Waals surface area contributed by atoms with Crippen LogP contribution in [0, 0.1) is 6.42 Å². The Labute approximate surface area is 259 Å². The molecule has 0 bridgehead atoms. The van der Waals surface area contributed by atoms with Crippen LogP contribution in [0.2, 0.25) is 0 Å². The zero-order chi connectivity index (χ0) is 26.7. The Morgan fingerprint density at radius 2 is 1.65 bits per heavy atom. The van der Waals surface area contributed by atoms with E-state index in [1.807, 2.05) is 51.2 Å². The molecule has 0 aromatic heterocycles. The van der Waals surface area contributed by atoms with Crippen molar-refractivity contribution in [3.63, 3.8) is 0 Å². The molecule has 0 saturated carbocycles. The number of hydrogen-bond donors (Lipinski definition) is 0. The Morgan fingerprint density at radius 3 is 2.16 bits per heavy atom. The van der Waals surface area contributed by atoms with Crippen LogP contribution in [-0.2, 0) is 39.1 Å². The van der Waals surface area contributed by atoms with Gasteiger partial charge in [0.2, 0.25) is 0 Å². The standard InChI is InChI=1S/C21H21N2.C9H10Cl2.C2H6.Y/c1-4-8-17-11-13-19(14-12-17)21-16(2)23(3)22-15-20(21)18-9-6-5-7-10-18;1-6(2)9-7(10)4-3-5-8(9)11;1-2;/h4-7,9-15H,2,8H2,1,3H3;4H,1,3,5H2,2H3;1-2H3;/q-1;;;. The molecule has 0 fully saturated rings. The van der Waals surface area contributed by atoms with Crippen molar-refractivity contribution in [3.8, 4) is 0 Å². The van der Waals surface area contributed by atoms with E-state index >= 15 is 0 Å². The fourth-order valence-corrected chi connectivity index (χ4v) is 4.72. The van der Waals surface area contributed by atoms with Crippen LogP contribution < -0.4 is 0 Å². The minimum atomic E-state index is 0. The number of likely N-dealkylation sites (N-methyl/N-ethyl adjacent to an activating group) is 1. The SMILES string of the molecule is C=C(C)C1=C(Cl)CCC=C1Cl.C=C1C(c2ccc(C[CH-]C)cc2)=C(c2ccccc2)C=NN1C.CC.[Y]. The fraction of sp³-hybridized carbons (Fsp3) is 0.250. The molecule has 5 heteroatoms. The van der Waals surface area contributed by atoms with Gasteiger partial charge in [-0.25, -0.2) is 0 Å². The summed E-state index contributed by atoms with van der Waals surface area (Å²) < 4.78 is 0. The number of halogens is 2. The van der Waals surface area contributed by atoms with Gasteiger partial charge in [0, 0.05) is 66.5 Å². The Morgan fingerprint density at radius 1 is 1.03 bits per heavy atom. The van der Waals surface area contributed by atoms with Crippen molar-refractivity contribution in [1.29, 1.82) is 0 Å². The number of hydrogen-bond acceptors (Lipinski definition) is 2. The van der Waals surface area contributed by atoms with Gasteiger partial charge in [-0.3, -0.25) is 5.01 Å². The molecule has 37 heavy (non-hydrogen) atoms. The van der Waals surface area contributed by atoms with Crippen molar-refractivity contribution in [3.05, 3.63) is 124 Å². The first-order valence-corrected chi connectivity index (χ1v) is 13.1. The van der Waals surface area contributed by atoms with Crippen molar-refractivity contribution >= 4 is 40.6 Å². The van der Waals surface area contributed by atoms with Crippen LogP contribution in [0.25, 0.3) is 11.1 Å². The molecule has 1 heterocycles. The van der Waals surface area contributed by atoms with E-state index in [4.69, 9.17) is 23.2 Å². The molecule has 0 N–H and O–H groups in total. The largest absolute Gasteiger partial charge is 0.327 e. The van der Waals surface area contributed by atoms with E-state index in [2.05, 4.69) is 80.1 Å². The van der Waals surface area contributed by atoms with Crippen LogP contribution in [0.5, 0.6) is 0 Å². The first-order chi connectivity index (χ1) is 17.3. The summed E-state index contributed by atoms with van der Waals surface area (Å²) >= 11 is 11.9. The summed E-state index contributed by atoms with van der Waals surface area (Å²) in [4.78, 5) is 0. The summed E-state index contributed by atoms with van der Waals surface area (Å²) in [5.74, 6) is 0. The van der Waals surface area contributed by atoms with Gasteiger partial charge in [-0.2, -0.15) is 18.4 Å². The van der Waals surface area contributed by atoms with Crippen LogP contribution in [-0.4, -0.2) is 18.3 Å². The zero-order valence-corrected chi connectivity index (χ0v) is 27.0. The quantitative estimate of drug-likeness (QED) is 0.308. The molecule has 2 nitrogen and oxygen atoms in total. The molecule has 2 aromatic rings. The third-order valence-corrected chi connectivity index (χ3v) is 6.42. The van der Waals surface area contributed by atoms with Crippen molar-refractivity contribution in [2.24, 2.45) is 5.10 Å². The number of hydrazone groups is 1. The van der Waals surface area contributed by atoms with Gasteiger partial charge in [-0.05, 0) is 36.5 Å². The molecular formula is C32H37Cl2N2Y-. The topological polar surface area (TPSA) is 15.6 Å². The maximum absolute atomic E-state index is 5.97. The Hall–Kier alpha value is -1.71. The van der Waals surface area contributed by atoms with Gasteiger partial charge in [0.15, 0.2) is 0 Å². The van der Waals surface area contributed by atoms with Crippen LogP contribution in [0.1, 0.15) is 57.2 Å². The third-order valence-electron chi connectivity index (χ3n) is 5.70. The Bertz CT molecular complexity index is 1170. The van der Waals surface area contributed by atoms with Crippen LogP contribution >= 0.6 is 23.2 Å². The van der Waals surface area contributed by atoms with Gasteiger partial charge in [-0.15, -0.1) is 0 Å². The molecule has 0 spiro atoms. The van der Waals surface area contributed by atoms with Gasteiger partial charge in [0.05, 0.1) is 11.9 Å². The van der Waals surface area contributed by atoms with E-state index in [1.165, 1.54) is 11.1 Å². The van der Waals surface area contributed by atoms with E-state index in [0.717, 1.165) is 62.9 Å². The fourth-order valence-electron chi connectivity index (χ4n) is 3.92. The van der Waals surface area contributed by atoms with Gasteiger partial charge in [0.25, 0.3) is 0 Å². The first-order valence-electron chi connectivity index (χ1n) is 12.4. The molecule has 0 saturated heterocycles. The van der Waals surface area contributed by atoms with E-state index in [-0.39, 0.29) is 32.7 Å². The molecule has 0 amide bonds. The minimum absolute atomic E-state index is 0. The Kier molecular flexibility index (Phi) is 15.3. The number of nitrogens with zero attached hydrogens (tertiary/aromatic N) is 2. The van der Waals surface area contributed by atoms with E-state index in [9.17, 15) is 0 Å². The van der Waals surface area contributed by atoms with E-state index in [0.29, 0.717) is 0 Å². The average Bonchev–Trinajstić information content (AvgIpc) is 2.88. The summed E-state index contributed by atoms with van der Waals surface area (Å²) in [5, 5.41) is 7.85. The van der Waals surface area contributed by atoms with Crippen LogP contribution in [0.3, 0.4) is 0 Å². The monoisotopic (exact) mass is 608 g/mol. The van der Waals surface area contributed by atoms with Crippen LogP contribution in [0.4, 0.5) is 0 Å². The van der Waals surface area contributed by atoms with E-state index in [1.54, 1.807) is 0 Å². The predicted octanol–water partition coefficient (Wildman–Crippen LogP) is 9.80. The molecule has 2 aromatic carbocycles. The van der Waals surface area contributed by atoms with Gasteiger partial charge >= 0.3 is 0 Å². The summed E-state index contributed by atoms with van der Waals surface area (Å²) in [5.41, 5.74) is 8.70. The molecule has 4 rings (SSSR count). The second-order valence-corrected chi connectivity index (χ2v) is 9.19. The summed E-state index contributed by atoms with van der Waals surface area (Å²) in [6, 6.07) is 19.1. The molecular weight excluding hydrogens is 572 g/mol.